The molecule has 3 heteroatoms. The van der Waals surface area contributed by atoms with E-state index < -0.39 is 11.6 Å². The molecule has 0 aliphatic rings. The number of hydrogen-bond donors (Lipinski definition) is 1. The number of rotatable bonds is 5. The Morgan fingerprint density at radius 3 is 2.42 bits per heavy atom. The summed E-state index contributed by atoms with van der Waals surface area (Å²) in [6.45, 7) is 2.88. The standard InChI is InChI=1S/C16H17F2N/c1-12(13-5-3-2-4-6-13)9-10-19-14-7-8-15(17)16(18)11-14/h2-8,11-12,19H,9-10H2,1H3. The van der Waals surface area contributed by atoms with Crippen molar-refractivity contribution in [1.82, 2.24) is 0 Å². The summed E-state index contributed by atoms with van der Waals surface area (Å²) < 4.78 is 25.8. The fourth-order valence-corrected chi connectivity index (χ4v) is 1.99. The molecule has 1 unspecified atom stereocenters. The lowest BCUT2D eigenvalue weighted by molar-refractivity contribution is 0.509. The van der Waals surface area contributed by atoms with Crippen molar-refractivity contribution < 1.29 is 8.78 Å². The monoisotopic (exact) mass is 261 g/mol. The molecule has 0 fully saturated rings. The maximum atomic E-state index is 13.0. The van der Waals surface area contributed by atoms with E-state index in [1.165, 1.54) is 11.6 Å². The van der Waals surface area contributed by atoms with Crippen LogP contribution < -0.4 is 5.32 Å². The van der Waals surface area contributed by atoms with Gasteiger partial charge in [0.05, 0.1) is 0 Å². The first-order valence-electron chi connectivity index (χ1n) is 6.40. The third-order valence-electron chi connectivity index (χ3n) is 3.19. The second-order valence-corrected chi connectivity index (χ2v) is 4.66. The van der Waals surface area contributed by atoms with Crippen LogP contribution in [0.25, 0.3) is 0 Å². The van der Waals surface area contributed by atoms with Crippen molar-refractivity contribution in [3.8, 4) is 0 Å². The van der Waals surface area contributed by atoms with Gasteiger partial charge in [-0.2, -0.15) is 0 Å². The average Bonchev–Trinajstić information content (AvgIpc) is 2.43. The van der Waals surface area contributed by atoms with E-state index in [2.05, 4.69) is 24.4 Å². The Balaban J connectivity index is 1.85. The zero-order valence-electron chi connectivity index (χ0n) is 10.9. The highest BCUT2D eigenvalue weighted by Gasteiger charge is 2.05. The molecule has 0 aliphatic heterocycles. The second kappa shape index (κ2) is 6.32. The molecule has 0 amide bonds. The van der Waals surface area contributed by atoms with Crippen LogP contribution in [-0.4, -0.2) is 6.54 Å². The van der Waals surface area contributed by atoms with Gasteiger partial charge in [-0.15, -0.1) is 0 Å². The van der Waals surface area contributed by atoms with Crippen molar-refractivity contribution in [2.24, 2.45) is 0 Å². The normalized spacial score (nSPS) is 12.2. The van der Waals surface area contributed by atoms with Crippen LogP contribution in [-0.2, 0) is 0 Å². The van der Waals surface area contributed by atoms with Crippen molar-refractivity contribution in [3.05, 3.63) is 65.7 Å². The molecule has 19 heavy (non-hydrogen) atoms. The second-order valence-electron chi connectivity index (χ2n) is 4.66. The number of benzene rings is 2. The van der Waals surface area contributed by atoms with Gasteiger partial charge in [0.15, 0.2) is 11.6 Å². The van der Waals surface area contributed by atoms with E-state index in [1.54, 1.807) is 6.07 Å². The Kier molecular flexibility index (Phi) is 4.50. The first kappa shape index (κ1) is 13.5. The van der Waals surface area contributed by atoms with Crippen LogP contribution >= 0.6 is 0 Å². The largest absolute Gasteiger partial charge is 0.385 e. The summed E-state index contributed by atoms with van der Waals surface area (Å²) in [5.74, 6) is -1.21. The van der Waals surface area contributed by atoms with Crippen LogP contribution in [0.2, 0.25) is 0 Å². The zero-order valence-corrected chi connectivity index (χ0v) is 10.9. The smallest absolute Gasteiger partial charge is 0.160 e. The van der Waals surface area contributed by atoms with Crippen molar-refractivity contribution in [2.45, 2.75) is 19.3 Å². The number of anilines is 1. The Bertz CT molecular complexity index is 526. The maximum absolute atomic E-state index is 13.0. The van der Waals surface area contributed by atoms with Gasteiger partial charge >= 0.3 is 0 Å². The highest BCUT2D eigenvalue weighted by molar-refractivity contribution is 5.43. The van der Waals surface area contributed by atoms with Crippen molar-refractivity contribution in [1.29, 1.82) is 0 Å². The third-order valence-corrected chi connectivity index (χ3v) is 3.19. The lowest BCUT2D eigenvalue weighted by atomic mass is 9.98. The minimum absolute atomic E-state index is 0.430. The summed E-state index contributed by atoms with van der Waals surface area (Å²) in [6, 6.07) is 14.1. The summed E-state index contributed by atoms with van der Waals surface area (Å²) >= 11 is 0. The van der Waals surface area contributed by atoms with Crippen LogP contribution in [0.1, 0.15) is 24.8 Å². The van der Waals surface area contributed by atoms with Gasteiger partial charge in [-0.1, -0.05) is 37.3 Å². The first-order chi connectivity index (χ1) is 9.16. The van der Waals surface area contributed by atoms with E-state index >= 15 is 0 Å². The van der Waals surface area contributed by atoms with Gasteiger partial charge in [0, 0.05) is 12.2 Å². The van der Waals surface area contributed by atoms with Gasteiger partial charge in [-0.05, 0) is 36.1 Å². The first-order valence-corrected chi connectivity index (χ1v) is 6.40. The molecule has 0 heterocycles. The minimum Gasteiger partial charge on any atom is -0.385 e. The quantitative estimate of drug-likeness (QED) is 0.831. The van der Waals surface area contributed by atoms with E-state index in [0.29, 0.717) is 11.6 Å². The number of hydrogen-bond acceptors (Lipinski definition) is 1. The summed E-state index contributed by atoms with van der Waals surface area (Å²) in [6.07, 6.45) is 0.934. The topological polar surface area (TPSA) is 12.0 Å². The van der Waals surface area contributed by atoms with Gasteiger partial charge < -0.3 is 5.32 Å². The Labute approximate surface area is 112 Å². The van der Waals surface area contributed by atoms with E-state index in [4.69, 9.17) is 0 Å². The number of halogens is 2. The highest BCUT2D eigenvalue weighted by atomic mass is 19.2. The molecule has 1 N–H and O–H groups in total. The Hall–Kier alpha value is -1.90. The van der Waals surface area contributed by atoms with E-state index in [1.807, 2.05) is 18.2 Å². The molecule has 100 valence electrons. The third kappa shape index (κ3) is 3.78. The van der Waals surface area contributed by atoms with Crippen molar-refractivity contribution in [3.63, 3.8) is 0 Å². The maximum Gasteiger partial charge on any atom is 0.160 e. The molecule has 0 saturated heterocycles. The molecule has 2 rings (SSSR count). The van der Waals surface area contributed by atoms with E-state index in [9.17, 15) is 8.78 Å². The fraction of sp³-hybridized carbons (Fsp3) is 0.250. The van der Waals surface area contributed by atoms with E-state index in [0.717, 1.165) is 19.0 Å². The van der Waals surface area contributed by atoms with Crippen LogP contribution in [0.15, 0.2) is 48.5 Å². The van der Waals surface area contributed by atoms with Crippen molar-refractivity contribution in [2.75, 3.05) is 11.9 Å². The predicted octanol–water partition coefficient (Wildman–Crippen LogP) is 4.57. The minimum atomic E-state index is -0.818. The van der Waals surface area contributed by atoms with Gasteiger partial charge in [-0.25, -0.2) is 8.78 Å². The summed E-state index contributed by atoms with van der Waals surface area (Å²) in [5.41, 5.74) is 1.90. The molecule has 0 aromatic heterocycles. The van der Waals surface area contributed by atoms with Crippen LogP contribution in [0.4, 0.5) is 14.5 Å². The molecule has 2 aromatic carbocycles. The van der Waals surface area contributed by atoms with Crippen LogP contribution in [0.5, 0.6) is 0 Å². The van der Waals surface area contributed by atoms with Crippen molar-refractivity contribution >= 4 is 5.69 Å². The van der Waals surface area contributed by atoms with Gasteiger partial charge in [0.25, 0.3) is 0 Å². The molecule has 2 aromatic rings. The summed E-state index contributed by atoms with van der Waals surface area (Å²) in [4.78, 5) is 0. The van der Waals surface area contributed by atoms with Gasteiger partial charge in [0.1, 0.15) is 0 Å². The molecule has 0 spiro atoms. The molecule has 1 nitrogen and oxygen atoms in total. The zero-order chi connectivity index (χ0) is 13.7. The molecule has 0 aliphatic carbocycles. The van der Waals surface area contributed by atoms with Crippen LogP contribution in [0.3, 0.4) is 0 Å². The molecule has 0 bridgehead atoms. The van der Waals surface area contributed by atoms with Gasteiger partial charge in [0.2, 0.25) is 0 Å². The SMILES string of the molecule is CC(CCNc1ccc(F)c(F)c1)c1ccccc1. The van der Waals surface area contributed by atoms with Gasteiger partial charge in [-0.3, -0.25) is 0 Å². The lowest BCUT2D eigenvalue weighted by Gasteiger charge is -2.13. The number of nitrogens with one attached hydrogen (secondary N) is 1. The molecule has 1 atom stereocenters. The molecular formula is C16H17F2N. The van der Waals surface area contributed by atoms with E-state index in [-0.39, 0.29) is 0 Å². The highest BCUT2D eigenvalue weighted by Crippen LogP contribution is 2.19. The lowest BCUT2D eigenvalue weighted by Crippen LogP contribution is -2.06. The fourth-order valence-electron chi connectivity index (χ4n) is 1.99. The summed E-state index contributed by atoms with van der Waals surface area (Å²) in [5, 5.41) is 3.11. The predicted molar refractivity (Wildman–Crippen MR) is 74.3 cm³/mol. The Morgan fingerprint density at radius 2 is 1.74 bits per heavy atom. The summed E-state index contributed by atoms with van der Waals surface area (Å²) in [7, 11) is 0. The molecule has 0 saturated carbocycles. The molecular weight excluding hydrogens is 244 g/mol. The average molecular weight is 261 g/mol. The molecule has 0 radical (unpaired) electrons. The van der Waals surface area contributed by atoms with Crippen LogP contribution in [0, 0.1) is 11.6 Å². The Morgan fingerprint density at radius 1 is 1.00 bits per heavy atom.